The number of pyridine rings is 1. The Kier molecular flexibility index (Phi) is 6.52. The highest BCUT2D eigenvalue weighted by Gasteiger charge is 2.09. The fourth-order valence-corrected chi connectivity index (χ4v) is 4.29. The predicted octanol–water partition coefficient (Wildman–Crippen LogP) is 4.43. The molecule has 4 aromatic rings. The normalized spacial score (nSPS) is 10.9. The van der Waals surface area contributed by atoms with Crippen LogP contribution in [0.2, 0.25) is 0 Å². The number of hydrogen-bond donors (Lipinski definition) is 1. The molecule has 0 radical (unpaired) electrons. The van der Waals surface area contributed by atoms with Gasteiger partial charge in [0, 0.05) is 47.6 Å². The monoisotopic (exact) mass is 431 g/mol. The van der Waals surface area contributed by atoms with Gasteiger partial charge in [-0.15, -0.1) is 11.3 Å². The molecular weight excluding hydrogens is 406 g/mol. The van der Waals surface area contributed by atoms with E-state index in [0.717, 1.165) is 46.1 Å². The molecule has 0 saturated carbocycles. The summed E-state index contributed by atoms with van der Waals surface area (Å²) < 4.78 is 1.96. The first kappa shape index (κ1) is 20.9. The van der Waals surface area contributed by atoms with Crippen molar-refractivity contribution in [2.24, 2.45) is 0 Å². The SMILES string of the molecule is Cc1cc(C)n(Cc2cccc(C(=O)NCCCc3nc(-c4ccncc4)cs3)c2)n1. The predicted molar refractivity (Wildman–Crippen MR) is 123 cm³/mol. The summed E-state index contributed by atoms with van der Waals surface area (Å²) in [6.07, 6.45) is 5.24. The lowest BCUT2D eigenvalue weighted by Crippen LogP contribution is -2.25. The van der Waals surface area contributed by atoms with Crippen molar-refractivity contribution in [3.8, 4) is 11.3 Å². The van der Waals surface area contributed by atoms with Crippen molar-refractivity contribution in [1.82, 2.24) is 25.1 Å². The Bertz CT molecular complexity index is 1170. The van der Waals surface area contributed by atoms with Crippen molar-refractivity contribution in [2.45, 2.75) is 33.2 Å². The van der Waals surface area contributed by atoms with Gasteiger partial charge in [-0.1, -0.05) is 12.1 Å². The van der Waals surface area contributed by atoms with Crippen LogP contribution in [0.4, 0.5) is 0 Å². The largest absolute Gasteiger partial charge is 0.352 e. The Hall–Kier alpha value is -3.32. The van der Waals surface area contributed by atoms with Crippen LogP contribution in [0, 0.1) is 13.8 Å². The van der Waals surface area contributed by atoms with Crippen molar-refractivity contribution in [1.29, 1.82) is 0 Å². The third-order valence-electron chi connectivity index (χ3n) is 5.01. The minimum absolute atomic E-state index is 0.0492. The molecule has 158 valence electrons. The molecule has 0 aliphatic rings. The second kappa shape index (κ2) is 9.66. The Morgan fingerprint density at radius 2 is 1.97 bits per heavy atom. The number of carbonyl (C=O) groups is 1. The second-order valence-electron chi connectivity index (χ2n) is 7.51. The molecule has 3 aromatic heterocycles. The minimum Gasteiger partial charge on any atom is -0.352 e. The van der Waals surface area contributed by atoms with E-state index in [0.29, 0.717) is 18.7 Å². The maximum atomic E-state index is 12.6. The first-order valence-electron chi connectivity index (χ1n) is 10.3. The highest BCUT2D eigenvalue weighted by molar-refractivity contribution is 7.09. The molecule has 1 N–H and O–H groups in total. The van der Waals surface area contributed by atoms with Gasteiger partial charge >= 0.3 is 0 Å². The molecule has 0 aliphatic carbocycles. The molecule has 0 atom stereocenters. The average molecular weight is 432 g/mol. The molecular formula is C24H25N5OS. The third kappa shape index (κ3) is 5.44. The Morgan fingerprint density at radius 3 is 2.74 bits per heavy atom. The Labute approximate surface area is 186 Å². The number of hydrogen-bond acceptors (Lipinski definition) is 5. The molecule has 0 bridgehead atoms. The van der Waals surface area contributed by atoms with E-state index in [1.165, 1.54) is 0 Å². The number of amides is 1. The summed E-state index contributed by atoms with van der Waals surface area (Å²) in [4.78, 5) is 21.3. The lowest BCUT2D eigenvalue weighted by atomic mass is 10.1. The van der Waals surface area contributed by atoms with Gasteiger partial charge in [-0.2, -0.15) is 5.10 Å². The zero-order valence-corrected chi connectivity index (χ0v) is 18.5. The van der Waals surface area contributed by atoms with Crippen LogP contribution in [0.25, 0.3) is 11.3 Å². The molecule has 0 unspecified atom stereocenters. The summed E-state index contributed by atoms with van der Waals surface area (Å²) in [6, 6.07) is 13.7. The summed E-state index contributed by atoms with van der Waals surface area (Å²) in [5.74, 6) is -0.0492. The molecule has 1 amide bonds. The maximum absolute atomic E-state index is 12.6. The smallest absolute Gasteiger partial charge is 0.251 e. The van der Waals surface area contributed by atoms with E-state index in [4.69, 9.17) is 0 Å². The summed E-state index contributed by atoms with van der Waals surface area (Å²) in [7, 11) is 0. The lowest BCUT2D eigenvalue weighted by molar-refractivity contribution is 0.0953. The van der Waals surface area contributed by atoms with Crippen LogP contribution >= 0.6 is 11.3 Å². The van der Waals surface area contributed by atoms with Gasteiger partial charge in [-0.25, -0.2) is 4.98 Å². The zero-order chi connectivity index (χ0) is 21.6. The number of nitrogens with one attached hydrogen (secondary N) is 1. The molecule has 0 saturated heterocycles. The number of aryl methyl sites for hydroxylation is 3. The van der Waals surface area contributed by atoms with Gasteiger partial charge < -0.3 is 5.32 Å². The van der Waals surface area contributed by atoms with Crippen LogP contribution in [0.1, 0.15) is 38.7 Å². The molecule has 4 rings (SSSR count). The quantitative estimate of drug-likeness (QED) is 0.419. The van der Waals surface area contributed by atoms with E-state index < -0.39 is 0 Å². The number of benzene rings is 1. The van der Waals surface area contributed by atoms with Crippen LogP contribution < -0.4 is 5.32 Å². The van der Waals surface area contributed by atoms with E-state index in [1.54, 1.807) is 23.7 Å². The fraction of sp³-hybridized carbons (Fsp3) is 0.250. The van der Waals surface area contributed by atoms with E-state index in [2.05, 4.69) is 31.8 Å². The minimum atomic E-state index is -0.0492. The molecule has 31 heavy (non-hydrogen) atoms. The summed E-state index contributed by atoms with van der Waals surface area (Å²) in [5.41, 5.74) is 5.90. The van der Waals surface area contributed by atoms with Crippen molar-refractivity contribution < 1.29 is 4.79 Å². The lowest BCUT2D eigenvalue weighted by Gasteiger charge is -2.08. The van der Waals surface area contributed by atoms with Crippen LogP contribution in [0.5, 0.6) is 0 Å². The summed E-state index contributed by atoms with van der Waals surface area (Å²) >= 11 is 1.65. The first-order chi connectivity index (χ1) is 15.1. The zero-order valence-electron chi connectivity index (χ0n) is 17.7. The van der Waals surface area contributed by atoms with Crippen molar-refractivity contribution in [3.05, 3.63) is 87.8 Å². The number of aromatic nitrogens is 4. The van der Waals surface area contributed by atoms with Crippen LogP contribution in [-0.4, -0.2) is 32.2 Å². The average Bonchev–Trinajstić information content (AvgIpc) is 3.38. The van der Waals surface area contributed by atoms with E-state index >= 15 is 0 Å². The van der Waals surface area contributed by atoms with Gasteiger partial charge in [0.05, 0.1) is 22.9 Å². The van der Waals surface area contributed by atoms with Crippen molar-refractivity contribution in [3.63, 3.8) is 0 Å². The maximum Gasteiger partial charge on any atom is 0.251 e. The molecule has 0 spiro atoms. The van der Waals surface area contributed by atoms with Gasteiger partial charge in [-0.3, -0.25) is 14.5 Å². The van der Waals surface area contributed by atoms with E-state index in [-0.39, 0.29) is 5.91 Å². The molecule has 0 fully saturated rings. The molecule has 6 nitrogen and oxygen atoms in total. The van der Waals surface area contributed by atoms with E-state index in [1.807, 2.05) is 54.9 Å². The molecule has 0 aliphatic heterocycles. The van der Waals surface area contributed by atoms with Gasteiger partial charge in [0.2, 0.25) is 0 Å². The van der Waals surface area contributed by atoms with Gasteiger partial charge in [0.15, 0.2) is 0 Å². The van der Waals surface area contributed by atoms with Crippen molar-refractivity contribution >= 4 is 17.2 Å². The Morgan fingerprint density at radius 1 is 1.13 bits per heavy atom. The highest BCUT2D eigenvalue weighted by Crippen LogP contribution is 2.21. The second-order valence-corrected chi connectivity index (χ2v) is 8.45. The summed E-state index contributed by atoms with van der Waals surface area (Å²) in [5, 5.41) is 10.7. The first-order valence-corrected chi connectivity index (χ1v) is 11.2. The molecule has 3 heterocycles. The highest BCUT2D eigenvalue weighted by atomic mass is 32.1. The molecule has 7 heteroatoms. The van der Waals surface area contributed by atoms with Crippen molar-refractivity contribution in [2.75, 3.05) is 6.54 Å². The molecule has 1 aromatic carbocycles. The topological polar surface area (TPSA) is 72.7 Å². The third-order valence-corrected chi connectivity index (χ3v) is 5.91. The number of nitrogens with zero attached hydrogens (tertiary/aromatic N) is 4. The van der Waals surface area contributed by atoms with Gasteiger partial charge in [0.25, 0.3) is 5.91 Å². The Balaban J connectivity index is 1.27. The van der Waals surface area contributed by atoms with Crippen LogP contribution in [0.15, 0.2) is 60.2 Å². The van der Waals surface area contributed by atoms with Crippen LogP contribution in [-0.2, 0) is 13.0 Å². The number of thiazole rings is 1. The van der Waals surface area contributed by atoms with Crippen LogP contribution in [0.3, 0.4) is 0 Å². The number of rotatable bonds is 8. The van der Waals surface area contributed by atoms with Gasteiger partial charge in [-0.05, 0) is 56.2 Å². The summed E-state index contributed by atoms with van der Waals surface area (Å²) in [6.45, 7) is 5.30. The van der Waals surface area contributed by atoms with E-state index in [9.17, 15) is 4.79 Å². The number of carbonyl (C=O) groups excluding carboxylic acids is 1. The van der Waals surface area contributed by atoms with Gasteiger partial charge in [0.1, 0.15) is 0 Å². The fourth-order valence-electron chi connectivity index (χ4n) is 3.44. The standard InChI is InChI=1S/C24H25N5OS/c1-17-13-18(2)29(28-17)15-19-5-3-6-21(14-19)24(30)26-10-4-7-23-27-22(16-31-23)20-8-11-25-12-9-20/h3,5-6,8-9,11-14,16H,4,7,10,15H2,1-2H3,(H,26,30).